The average Bonchev–Trinajstić information content (AvgIpc) is 3.17. The number of nitrogens with zero attached hydrogens (tertiary/aromatic N) is 1. The van der Waals surface area contributed by atoms with E-state index in [-0.39, 0.29) is 12.0 Å². The van der Waals surface area contributed by atoms with E-state index in [9.17, 15) is 5.11 Å². The Hall–Kier alpha value is -2.63. The third kappa shape index (κ3) is 3.79. The molecule has 0 amide bonds. The van der Waals surface area contributed by atoms with Gasteiger partial charge < -0.3 is 19.7 Å². The number of aliphatic hydroxyl groups is 1. The van der Waals surface area contributed by atoms with Gasteiger partial charge in [-0.3, -0.25) is 0 Å². The Labute approximate surface area is 152 Å². The minimum Gasteiger partial charge on any atom is -0.486 e. The number of piperidine rings is 1. The zero-order valence-electron chi connectivity index (χ0n) is 14.5. The molecule has 5 heteroatoms. The highest BCUT2D eigenvalue weighted by molar-refractivity contribution is 5.58. The smallest absolute Gasteiger partial charge is 0.174 e. The summed E-state index contributed by atoms with van der Waals surface area (Å²) in [5.74, 6) is 1.64. The summed E-state index contributed by atoms with van der Waals surface area (Å²) < 4.78 is 11.2. The van der Waals surface area contributed by atoms with Crippen LogP contribution in [0.15, 0.2) is 65.2 Å². The van der Waals surface area contributed by atoms with Crippen molar-refractivity contribution in [2.24, 2.45) is 0 Å². The van der Waals surface area contributed by atoms with Gasteiger partial charge in [0, 0.05) is 24.1 Å². The van der Waals surface area contributed by atoms with Crippen LogP contribution >= 0.6 is 0 Å². The molecule has 26 heavy (non-hydrogen) atoms. The molecule has 0 saturated carbocycles. The van der Waals surface area contributed by atoms with E-state index in [0.29, 0.717) is 18.9 Å². The molecule has 5 nitrogen and oxygen atoms in total. The number of benzene rings is 2. The maximum Gasteiger partial charge on any atom is 0.174 e. The van der Waals surface area contributed by atoms with Gasteiger partial charge in [-0.2, -0.15) is 0 Å². The number of aromatic nitrogens is 1. The van der Waals surface area contributed by atoms with Crippen LogP contribution in [-0.2, 0) is 6.61 Å². The molecule has 2 aromatic carbocycles. The second kappa shape index (κ2) is 7.72. The zero-order chi connectivity index (χ0) is 17.8. The Morgan fingerprint density at radius 2 is 1.92 bits per heavy atom. The number of nitrogens with one attached hydrogen (secondary N) is 1. The Morgan fingerprint density at radius 3 is 2.69 bits per heavy atom. The lowest BCUT2D eigenvalue weighted by molar-refractivity contribution is 0.118. The van der Waals surface area contributed by atoms with E-state index in [1.54, 1.807) is 0 Å². The summed E-state index contributed by atoms with van der Waals surface area (Å²) in [6.07, 6.45) is 0.614. The summed E-state index contributed by atoms with van der Waals surface area (Å²) in [6, 6.07) is 19.8. The Kier molecular flexibility index (Phi) is 5.00. The predicted molar refractivity (Wildman–Crippen MR) is 98.9 cm³/mol. The molecular weight excluding hydrogens is 328 g/mol. The Balaban J connectivity index is 1.37. The number of hydrogen-bond acceptors (Lipinski definition) is 5. The fraction of sp³-hybridized carbons (Fsp3) is 0.286. The van der Waals surface area contributed by atoms with Crippen LogP contribution < -0.4 is 10.1 Å². The largest absolute Gasteiger partial charge is 0.486 e. The van der Waals surface area contributed by atoms with Crippen LogP contribution in [0.25, 0.3) is 11.3 Å². The first-order chi connectivity index (χ1) is 12.8. The number of rotatable bonds is 5. The van der Waals surface area contributed by atoms with Gasteiger partial charge >= 0.3 is 0 Å². The van der Waals surface area contributed by atoms with Gasteiger partial charge in [-0.05, 0) is 30.7 Å². The van der Waals surface area contributed by atoms with E-state index in [1.165, 1.54) is 0 Å². The van der Waals surface area contributed by atoms with Crippen LogP contribution in [0.4, 0.5) is 0 Å². The molecule has 1 saturated heterocycles. The van der Waals surface area contributed by atoms with Crippen LogP contribution in [0.1, 0.15) is 23.7 Å². The van der Waals surface area contributed by atoms with Crippen molar-refractivity contribution in [1.82, 2.24) is 10.5 Å². The second-order valence-corrected chi connectivity index (χ2v) is 6.57. The predicted octanol–water partition coefficient (Wildman–Crippen LogP) is 3.36. The summed E-state index contributed by atoms with van der Waals surface area (Å²) in [4.78, 5) is 0. The SMILES string of the molecule is OC1CNCCC1c1ccc(OCc2cc(-c3ccccc3)no2)cc1. The lowest BCUT2D eigenvalue weighted by Crippen LogP contribution is -2.39. The van der Waals surface area contributed by atoms with E-state index in [1.807, 2.05) is 60.7 Å². The minimum atomic E-state index is -0.332. The normalized spacial score (nSPS) is 20.0. The van der Waals surface area contributed by atoms with Crippen molar-refractivity contribution >= 4 is 0 Å². The number of aliphatic hydroxyl groups excluding tert-OH is 1. The summed E-state index contributed by atoms with van der Waals surface area (Å²) in [5.41, 5.74) is 2.98. The molecule has 2 atom stereocenters. The molecule has 1 fully saturated rings. The standard InChI is InChI=1S/C21H22N2O3/c24-21-13-22-11-10-19(21)15-6-8-17(9-7-15)25-14-18-12-20(23-26-18)16-4-2-1-3-5-16/h1-9,12,19,21-22,24H,10-11,13-14H2. The van der Waals surface area contributed by atoms with Gasteiger partial charge in [-0.25, -0.2) is 0 Å². The third-order valence-corrected chi connectivity index (χ3v) is 4.77. The second-order valence-electron chi connectivity index (χ2n) is 6.57. The van der Waals surface area contributed by atoms with Crippen molar-refractivity contribution in [1.29, 1.82) is 0 Å². The molecule has 3 aromatic rings. The van der Waals surface area contributed by atoms with Gasteiger partial charge in [0.2, 0.25) is 0 Å². The fourth-order valence-corrected chi connectivity index (χ4v) is 3.32. The van der Waals surface area contributed by atoms with Gasteiger partial charge in [0.05, 0.1) is 6.10 Å². The molecule has 0 aliphatic carbocycles. The molecule has 0 radical (unpaired) electrons. The van der Waals surface area contributed by atoms with Gasteiger partial charge in [0.15, 0.2) is 5.76 Å². The third-order valence-electron chi connectivity index (χ3n) is 4.77. The van der Waals surface area contributed by atoms with E-state index in [0.717, 1.165) is 35.5 Å². The molecule has 2 N–H and O–H groups in total. The Bertz CT molecular complexity index is 830. The molecule has 4 rings (SSSR count). The van der Waals surface area contributed by atoms with Gasteiger partial charge in [-0.15, -0.1) is 0 Å². The molecule has 2 unspecified atom stereocenters. The first kappa shape index (κ1) is 16.8. The van der Waals surface area contributed by atoms with Crippen molar-refractivity contribution in [3.05, 3.63) is 72.0 Å². The summed E-state index contributed by atoms with van der Waals surface area (Å²) in [7, 11) is 0. The van der Waals surface area contributed by atoms with Crippen molar-refractivity contribution in [3.8, 4) is 17.0 Å². The highest BCUT2D eigenvalue weighted by Crippen LogP contribution is 2.27. The van der Waals surface area contributed by atoms with Crippen LogP contribution in [0.5, 0.6) is 5.75 Å². The van der Waals surface area contributed by atoms with Gasteiger partial charge in [-0.1, -0.05) is 47.6 Å². The van der Waals surface area contributed by atoms with Gasteiger partial charge in [0.25, 0.3) is 0 Å². The molecule has 2 heterocycles. The highest BCUT2D eigenvalue weighted by atomic mass is 16.5. The fourth-order valence-electron chi connectivity index (χ4n) is 3.32. The van der Waals surface area contributed by atoms with Crippen molar-refractivity contribution in [2.75, 3.05) is 13.1 Å². The number of β-amino-alcohol motifs (C(OH)–C–C–N with tert-alkyl or cyclic N) is 1. The molecule has 1 aliphatic heterocycles. The Morgan fingerprint density at radius 1 is 1.12 bits per heavy atom. The average molecular weight is 350 g/mol. The topological polar surface area (TPSA) is 67.5 Å². The van der Waals surface area contributed by atoms with E-state index in [2.05, 4.69) is 10.5 Å². The molecule has 0 bridgehead atoms. The molecule has 1 aromatic heterocycles. The van der Waals surface area contributed by atoms with E-state index < -0.39 is 0 Å². The zero-order valence-corrected chi connectivity index (χ0v) is 14.5. The maximum absolute atomic E-state index is 10.1. The van der Waals surface area contributed by atoms with Crippen LogP contribution in [-0.4, -0.2) is 29.5 Å². The van der Waals surface area contributed by atoms with Gasteiger partial charge in [0.1, 0.15) is 18.1 Å². The van der Waals surface area contributed by atoms with Crippen LogP contribution in [0.3, 0.4) is 0 Å². The summed E-state index contributed by atoms with van der Waals surface area (Å²) >= 11 is 0. The lowest BCUT2D eigenvalue weighted by atomic mass is 9.88. The highest BCUT2D eigenvalue weighted by Gasteiger charge is 2.24. The monoisotopic (exact) mass is 350 g/mol. The van der Waals surface area contributed by atoms with Crippen molar-refractivity contribution in [3.63, 3.8) is 0 Å². The quantitative estimate of drug-likeness (QED) is 0.738. The lowest BCUT2D eigenvalue weighted by Gasteiger charge is -2.28. The maximum atomic E-state index is 10.1. The van der Waals surface area contributed by atoms with Crippen molar-refractivity contribution < 1.29 is 14.4 Å². The first-order valence-electron chi connectivity index (χ1n) is 8.92. The van der Waals surface area contributed by atoms with Crippen LogP contribution in [0.2, 0.25) is 0 Å². The van der Waals surface area contributed by atoms with E-state index >= 15 is 0 Å². The van der Waals surface area contributed by atoms with E-state index in [4.69, 9.17) is 9.26 Å². The molecule has 134 valence electrons. The molecular formula is C21H22N2O3. The number of hydrogen-bond donors (Lipinski definition) is 2. The molecule has 0 spiro atoms. The van der Waals surface area contributed by atoms with Crippen LogP contribution in [0, 0.1) is 0 Å². The summed E-state index contributed by atoms with van der Waals surface area (Å²) in [5, 5.41) is 17.4. The summed E-state index contributed by atoms with van der Waals surface area (Å²) in [6.45, 7) is 1.92. The first-order valence-corrected chi connectivity index (χ1v) is 8.92. The van der Waals surface area contributed by atoms with Crippen molar-refractivity contribution in [2.45, 2.75) is 25.0 Å². The molecule has 1 aliphatic rings. The number of ether oxygens (including phenoxy) is 1. The minimum absolute atomic E-state index is 0.188.